The highest BCUT2D eigenvalue weighted by Gasteiger charge is 2.34. The Balaban J connectivity index is 1.66. The van der Waals surface area contributed by atoms with E-state index in [-0.39, 0.29) is 0 Å². The molecule has 2 aliphatic rings. The van der Waals surface area contributed by atoms with Crippen LogP contribution in [0.1, 0.15) is 24.8 Å². The van der Waals surface area contributed by atoms with Crippen molar-refractivity contribution in [2.45, 2.75) is 31.8 Å². The summed E-state index contributed by atoms with van der Waals surface area (Å²) in [6.07, 6.45) is 3.99. The third-order valence-corrected chi connectivity index (χ3v) is 5.16. The molecular formula is C16H24ClN3. The van der Waals surface area contributed by atoms with E-state index in [4.69, 9.17) is 17.3 Å². The van der Waals surface area contributed by atoms with Gasteiger partial charge in [0.25, 0.3) is 0 Å². The molecule has 3 nitrogen and oxygen atoms in total. The summed E-state index contributed by atoms with van der Waals surface area (Å²) >= 11 is 6.08. The van der Waals surface area contributed by atoms with E-state index in [1.807, 2.05) is 18.2 Å². The quantitative estimate of drug-likeness (QED) is 0.851. The van der Waals surface area contributed by atoms with Gasteiger partial charge in [-0.25, -0.2) is 0 Å². The van der Waals surface area contributed by atoms with Crippen molar-refractivity contribution in [2.24, 2.45) is 5.92 Å². The predicted octanol–water partition coefficient (Wildman–Crippen LogP) is 2.84. The highest BCUT2D eigenvalue weighted by atomic mass is 35.5. The molecule has 0 aromatic heterocycles. The third kappa shape index (κ3) is 2.95. The van der Waals surface area contributed by atoms with Gasteiger partial charge in [0.1, 0.15) is 0 Å². The summed E-state index contributed by atoms with van der Waals surface area (Å²) in [5.74, 6) is 0.822. The molecule has 0 aliphatic carbocycles. The summed E-state index contributed by atoms with van der Waals surface area (Å²) < 4.78 is 0. The van der Waals surface area contributed by atoms with Gasteiger partial charge in [0.2, 0.25) is 0 Å². The molecule has 2 heterocycles. The molecule has 1 aromatic carbocycles. The summed E-state index contributed by atoms with van der Waals surface area (Å²) in [4.78, 5) is 5.10. The Bertz CT molecular complexity index is 477. The van der Waals surface area contributed by atoms with Crippen molar-refractivity contribution < 1.29 is 0 Å². The van der Waals surface area contributed by atoms with Crippen molar-refractivity contribution >= 4 is 17.3 Å². The molecule has 0 amide bonds. The fourth-order valence-corrected chi connectivity index (χ4v) is 4.02. The first-order chi connectivity index (χ1) is 9.63. The summed E-state index contributed by atoms with van der Waals surface area (Å²) in [6, 6.07) is 6.58. The van der Waals surface area contributed by atoms with Gasteiger partial charge >= 0.3 is 0 Å². The average Bonchev–Trinajstić information content (AvgIpc) is 2.43. The Morgan fingerprint density at radius 3 is 3.00 bits per heavy atom. The van der Waals surface area contributed by atoms with Crippen molar-refractivity contribution in [3.05, 3.63) is 28.8 Å². The number of halogens is 1. The van der Waals surface area contributed by atoms with Crippen LogP contribution in [0.3, 0.4) is 0 Å². The largest absolute Gasteiger partial charge is 0.398 e. The lowest BCUT2D eigenvalue weighted by atomic mass is 9.84. The molecule has 110 valence electrons. The minimum absolute atomic E-state index is 0.779. The number of benzene rings is 1. The number of anilines is 1. The van der Waals surface area contributed by atoms with Gasteiger partial charge in [0.15, 0.2) is 0 Å². The average molecular weight is 294 g/mol. The lowest BCUT2D eigenvalue weighted by Gasteiger charge is -2.46. The van der Waals surface area contributed by atoms with Crippen LogP contribution in [-0.4, -0.2) is 42.5 Å². The smallest absolute Gasteiger partial charge is 0.0410 e. The van der Waals surface area contributed by atoms with Crippen molar-refractivity contribution in [1.29, 1.82) is 0 Å². The summed E-state index contributed by atoms with van der Waals surface area (Å²) in [7, 11) is 2.28. The molecule has 3 rings (SSSR count). The number of hydrogen-bond donors (Lipinski definition) is 1. The maximum atomic E-state index is 6.08. The molecule has 20 heavy (non-hydrogen) atoms. The molecule has 2 aliphatic heterocycles. The zero-order valence-corrected chi connectivity index (χ0v) is 12.9. The van der Waals surface area contributed by atoms with E-state index in [2.05, 4.69) is 16.8 Å². The molecule has 0 saturated carbocycles. The molecule has 2 atom stereocenters. The van der Waals surface area contributed by atoms with Crippen LogP contribution in [0, 0.1) is 5.92 Å². The normalized spacial score (nSPS) is 28.3. The van der Waals surface area contributed by atoms with Crippen molar-refractivity contribution in [3.63, 3.8) is 0 Å². The topological polar surface area (TPSA) is 32.5 Å². The van der Waals surface area contributed by atoms with Crippen molar-refractivity contribution in [2.75, 3.05) is 32.4 Å². The van der Waals surface area contributed by atoms with E-state index in [1.54, 1.807) is 0 Å². The van der Waals surface area contributed by atoms with Crippen LogP contribution in [0.15, 0.2) is 18.2 Å². The lowest BCUT2D eigenvalue weighted by Crippen LogP contribution is -2.52. The highest BCUT2D eigenvalue weighted by molar-refractivity contribution is 6.30. The summed E-state index contributed by atoms with van der Waals surface area (Å²) in [5, 5.41) is 0.779. The van der Waals surface area contributed by atoms with Crippen LogP contribution in [0.25, 0.3) is 0 Å². The van der Waals surface area contributed by atoms with E-state index in [0.717, 1.165) is 35.8 Å². The van der Waals surface area contributed by atoms with Gasteiger partial charge in [0.05, 0.1) is 0 Å². The van der Waals surface area contributed by atoms with Crippen LogP contribution in [-0.2, 0) is 6.54 Å². The standard InChI is InChI=1S/C16H24ClN3/c1-19-7-2-3-12-10-20(8-6-16(12)19)11-13-9-14(17)4-5-15(13)18/h4-5,9,12,16H,2-3,6-8,10-11,18H2,1H3. The number of nitrogens with two attached hydrogens (primary N) is 1. The van der Waals surface area contributed by atoms with Gasteiger partial charge in [-0.3, -0.25) is 4.90 Å². The molecular weight excluding hydrogens is 270 g/mol. The fraction of sp³-hybridized carbons (Fsp3) is 0.625. The van der Waals surface area contributed by atoms with Crippen molar-refractivity contribution in [3.8, 4) is 0 Å². The Morgan fingerprint density at radius 1 is 1.30 bits per heavy atom. The predicted molar refractivity (Wildman–Crippen MR) is 84.9 cm³/mol. The third-order valence-electron chi connectivity index (χ3n) is 4.93. The van der Waals surface area contributed by atoms with Crippen LogP contribution >= 0.6 is 11.6 Å². The van der Waals surface area contributed by atoms with Crippen LogP contribution in [0.4, 0.5) is 5.69 Å². The Kier molecular flexibility index (Phi) is 4.20. The maximum absolute atomic E-state index is 6.08. The van der Waals surface area contributed by atoms with Gasteiger partial charge < -0.3 is 10.6 Å². The Hall–Kier alpha value is -0.770. The van der Waals surface area contributed by atoms with Crippen LogP contribution in [0.2, 0.25) is 5.02 Å². The van der Waals surface area contributed by atoms with Gasteiger partial charge in [0, 0.05) is 29.8 Å². The molecule has 0 spiro atoms. The van der Waals surface area contributed by atoms with E-state index in [0.29, 0.717) is 0 Å². The molecule has 2 fully saturated rings. The van der Waals surface area contributed by atoms with Crippen LogP contribution < -0.4 is 5.73 Å². The number of nitrogens with zero attached hydrogens (tertiary/aromatic N) is 2. The zero-order valence-electron chi connectivity index (χ0n) is 12.2. The first-order valence-corrected chi connectivity index (χ1v) is 7.98. The minimum Gasteiger partial charge on any atom is -0.398 e. The summed E-state index contributed by atoms with van der Waals surface area (Å²) in [6.45, 7) is 4.56. The number of nitrogen functional groups attached to an aromatic ring is 1. The Morgan fingerprint density at radius 2 is 2.15 bits per heavy atom. The van der Waals surface area contributed by atoms with Gasteiger partial charge in [-0.2, -0.15) is 0 Å². The molecule has 2 N–H and O–H groups in total. The SMILES string of the molecule is CN1CCCC2CN(Cc3cc(Cl)ccc3N)CCC21. The highest BCUT2D eigenvalue weighted by Crippen LogP contribution is 2.31. The molecule has 4 heteroatoms. The number of hydrogen-bond acceptors (Lipinski definition) is 3. The number of piperidine rings is 2. The fourth-order valence-electron chi connectivity index (χ4n) is 3.82. The number of fused-ring (bicyclic) bond motifs is 1. The monoisotopic (exact) mass is 293 g/mol. The van der Waals surface area contributed by atoms with Gasteiger partial charge in [-0.1, -0.05) is 11.6 Å². The zero-order chi connectivity index (χ0) is 14.1. The number of likely N-dealkylation sites (tertiary alicyclic amines) is 2. The second-order valence-corrected chi connectivity index (χ2v) is 6.75. The van der Waals surface area contributed by atoms with E-state index < -0.39 is 0 Å². The number of rotatable bonds is 2. The van der Waals surface area contributed by atoms with E-state index in [1.165, 1.54) is 37.9 Å². The lowest BCUT2D eigenvalue weighted by molar-refractivity contribution is 0.0355. The maximum Gasteiger partial charge on any atom is 0.0410 e. The van der Waals surface area contributed by atoms with Crippen LogP contribution in [0.5, 0.6) is 0 Å². The van der Waals surface area contributed by atoms with E-state index in [9.17, 15) is 0 Å². The minimum atomic E-state index is 0.779. The first-order valence-electron chi connectivity index (χ1n) is 7.60. The molecule has 0 bridgehead atoms. The molecule has 0 radical (unpaired) electrons. The van der Waals surface area contributed by atoms with Gasteiger partial charge in [-0.05, 0) is 69.1 Å². The summed E-state index contributed by atoms with van der Waals surface area (Å²) in [5.41, 5.74) is 8.09. The van der Waals surface area contributed by atoms with Gasteiger partial charge in [-0.15, -0.1) is 0 Å². The molecule has 2 unspecified atom stereocenters. The van der Waals surface area contributed by atoms with Crippen molar-refractivity contribution in [1.82, 2.24) is 9.80 Å². The second-order valence-electron chi connectivity index (χ2n) is 6.32. The van der Waals surface area contributed by atoms with E-state index >= 15 is 0 Å². The molecule has 2 saturated heterocycles. The Labute approximate surface area is 126 Å². The molecule has 1 aromatic rings. The first kappa shape index (κ1) is 14.2. The second kappa shape index (κ2) is 5.92.